The molecule has 1 aromatic rings. The van der Waals surface area contributed by atoms with E-state index in [-0.39, 0.29) is 5.54 Å². The van der Waals surface area contributed by atoms with Gasteiger partial charge in [0.05, 0.1) is 5.69 Å². The molecule has 3 nitrogen and oxygen atoms in total. The third kappa shape index (κ3) is 3.43. The van der Waals surface area contributed by atoms with Crippen LogP contribution in [0, 0.1) is 0 Å². The summed E-state index contributed by atoms with van der Waals surface area (Å²) < 4.78 is 3.77. The molecule has 4 heteroatoms. The Labute approximate surface area is 71.0 Å². The predicted octanol–water partition coefficient (Wildman–Crippen LogP) is 1.43. The molecule has 0 amide bonds. The number of hydrogen-bond acceptors (Lipinski definition) is 4. The van der Waals surface area contributed by atoms with Crippen LogP contribution in [0.4, 0.5) is 0 Å². The van der Waals surface area contributed by atoms with Gasteiger partial charge in [-0.1, -0.05) is 4.49 Å². The molecule has 0 bridgehead atoms. The summed E-state index contributed by atoms with van der Waals surface area (Å²) in [7, 11) is 0. The third-order valence-corrected chi connectivity index (χ3v) is 1.76. The Hall–Kier alpha value is -0.480. The molecule has 0 radical (unpaired) electrons. The Morgan fingerprint density at radius 2 is 2.27 bits per heavy atom. The predicted molar refractivity (Wildman–Crippen MR) is 46.5 cm³/mol. The summed E-state index contributed by atoms with van der Waals surface area (Å²) in [6, 6.07) is 0. The van der Waals surface area contributed by atoms with Crippen LogP contribution < -0.4 is 5.32 Å². The van der Waals surface area contributed by atoms with Gasteiger partial charge in [-0.2, -0.15) is 0 Å². The van der Waals surface area contributed by atoms with E-state index < -0.39 is 0 Å². The molecule has 1 heterocycles. The molecule has 0 aliphatic rings. The second kappa shape index (κ2) is 3.28. The van der Waals surface area contributed by atoms with E-state index in [0.717, 1.165) is 12.2 Å². The summed E-state index contributed by atoms with van der Waals surface area (Å²) in [6.45, 7) is 7.20. The molecule has 0 saturated carbocycles. The van der Waals surface area contributed by atoms with Crippen molar-refractivity contribution in [2.75, 3.05) is 0 Å². The van der Waals surface area contributed by atoms with Crippen LogP contribution in [-0.4, -0.2) is 15.1 Å². The van der Waals surface area contributed by atoms with Gasteiger partial charge >= 0.3 is 0 Å². The van der Waals surface area contributed by atoms with Gasteiger partial charge in [-0.3, -0.25) is 0 Å². The van der Waals surface area contributed by atoms with Crippen molar-refractivity contribution in [3.8, 4) is 0 Å². The van der Waals surface area contributed by atoms with Gasteiger partial charge in [0, 0.05) is 17.5 Å². The van der Waals surface area contributed by atoms with Gasteiger partial charge in [-0.05, 0) is 32.3 Å². The fourth-order valence-electron chi connectivity index (χ4n) is 0.617. The highest BCUT2D eigenvalue weighted by molar-refractivity contribution is 7.03. The van der Waals surface area contributed by atoms with Crippen molar-refractivity contribution < 1.29 is 0 Å². The van der Waals surface area contributed by atoms with Gasteiger partial charge in [-0.15, -0.1) is 5.10 Å². The van der Waals surface area contributed by atoms with Crippen molar-refractivity contribution in [1.82, 2.24) is 14.9 Å². The molecule has 0 saturated heterocycles. The van der Waals surface area contributed by atoms with E-state index >= 15 is 0 Å². The summed E-state index contributed by atoms with van der Waals surface area (Å²) >= 11 is 1.39. The lowest BCUT2D eigenvalue weighted by molar-refractivity contribution is 0.421. The van der Waals surface area contributed by atoms with Crippen molar-refractivity contribution in [2.24, 2.45) is 0 Å². The highest BCUT2D eigenvalue weighted by atomic mass is 32.1. The molecule has 0 unspecified atom stereocenters. The maximum absolute atomic E-state index is 3.93. The van der Waals surface area contributed by atoms with E-state index in [0.29, 0.717) is 0 Å². The first-order valence-corrected chi connectivity index (χ1v) is 4.42. The van der Waals surface area contributed by atoms with Gasteiger partial charge in [-0.25, -0.2) is 0 Å². The molecule has 0 spiro atoms. The minimum atomic E-state index is 0.156. The lowest BCUT2D eigenvalue weighted by Crippen LogP contribution is -2.35. The summed E-state index contributed by atoms with van der Waals surface area (Å²) in [5, 5.41) is 9.21. The van der Waals surface area contributed by atoms with Gasteiger partial charge in [0.15, 0.2) is 0 Å². The second-order valence-corrected chi connectivity index (χ2v) is 4.11. The molecule has 0 atom stereocenters. The first kappa shape index (κ1) is 8.62. The summed E-state index contributed by atoms with van der Waals surface area (Å²) in [5.74, 6) is 0. The van der Waals surface area contributed by atoms with E-state index in [1.165, 1.54) is 11.5 Å². The average Bonchev–Trinajstić information content (AvgIpc) is 2.32. The van der Waals surface area contributed by atoms with Crippen LogP contribution in [0.25, 0.3) is 0 Å². The van der Waals surface area contributed by atoms with Crippen molar-refractivity contribution in [3.05, 3.63) is 11.1 Å². The first-order valence-electron chi connectivity index (χ1n) is 3.59. The van der Waals surface area contributed by atoms with Gasteiger partial charge in [0.1, 0.15) is 0 Å². The minimum absolute atomic E-state index is 0.156. The lowest BCUT2D eigenvalue weighted by atomic mass is 10.1. The van der Waals surface area contributed by atoms with E-state index in [1.807, 2.05) is 5.38 Å². The molecule has 0 aromatic carbocycles. The second-order valence-electron chi connectivity index (χ2n) is 3.50. The molecule has 1 aromatic heterocycles. The van der Waals surface area contributed by atoms with Crippen LogP contribution in [0.1, 0.15) is 26.5 Å². The van der Waals surface area contributed by atoms with Gasteiger partial charge < -0.3 is 5.32 Å². The molecule has 1 rings (SSSR count). The van der Waals surface area contributed by atoms with Crippen LogP contribution in [0.3, 0.4) is 0 Å². The fraction of sp³-hybridized carbons (Fsp3) is 0.714. The smallest absolute Gasteiger partial charge is 0.0893 e. The molecule has 0 aliphatic carbocycles. The zero-order valence-electron chi connectivity index (χ0n) is 7.09. The van der Waals surface area contributed by atoms with E-state index in [2.05, 4.69) is 35.7 Å². The Morgan fingerprint density at radius 3 is 2.73 bits per heavy atom. The highest BCUT2D eigenvalue weighted by Gasteiger charge is 2.08. The Balaban J connectivity index is 2.35. The van der Waals surface area contributed by atoms with Gasteiger partial charge in [0.25, 0.3) is 0 Å². The quantitative estimate of drug-likeness (QED) is 0.731. The number of hydrogen-bond donors (Lipinski definition) is 1. The summed E-state index contributed by atoms with van der Waals surface area (Å²) in [6.07, 6.45) is 0. The molecule has 0 aliphatic heterocycles. The minimum Gasteiger partial charge on any atom is -0.306 e. The van der Waals surface area contributed by atoms with Crippen LogP contribution >= 0.6 is 11.5 Å². The number of aromatic nitrogens is 2. The summed E-state index contributed by atoms with van der Waals surface area (Å²) in [5.41, 5.74) is 1.17. The highest BCUT2D eigenvalue weighted by Crippen LogP contribution is 2.02. The van der Waals surface area contributed by atoms with Crippen molar-refractivity contribution in [2.45, 2.75) is 32.9 Å². The normalized spacial score (nSPS) is 11.9. The molecule has 0 fully saturated rings. The van der Waals surface area contributed by atoms with Crippen molar-refractivity contribution >= 4 is 11.5 Å². The SMILES string of the molecule is CC(C)(C)NCc1csnn1. The number of rotatable bonds is 2. The fourth-order valence-corrected chi connectivity index (χ4v) is 1.07. The Bertz CT molecular complexity index is 200. The topological polar surface area (TPSA) is 37.8 Å². The van der Waals surface area contributed by atoms with Crippen LogP contribution in [0.15, 0.2) is 5.38 Å². The largest absolute Gasteiger partial charge is 0.306 e. The number of nitrogens with zero attached hydrogens (tertiary/aromatic N) is 2. The first-order chi connectivity index (χ1) is 5.08. The maximum atomic E-state index is 3.93. The van der Waals surface area contributed by atoms with Crippen LogP contribution in [0.2, 0.25) is 0 Å². The van der Waals surface area contributed by atoms with Gasteiger partial charge in [0.2, 0.25) is 0 Å². The summed E-state index contributed by atoms with van der Waals surface area (Å²) in [4.78, 5) is 0. The van der Waals surface area contributed by atoms with E-state index in [1.54, 1.807) is 0 Å². The third-order valence-electron chi connectivity index (χ3n) is 1.20. The number of nitrogens with one attached hydrogen (secondary N) is 1. The zero-order valence-corrected chi connectivity index (χ0v) is 7.90. The van der Waals surface area contributed by atoms with Crippen LogP contribution in [0.5, 0.6) is 0 Å². The van der Waals surface area contributed by atoms with Crippen molar-refractivity contribution in [1.29, 1.82) is 0 Å². The average molecular weight is 171 g/mol. The molecule has 11 heavy (non-hydrogen) atoms. The molecular weight excluding hydrogens is 158 g/mol. The Kier molecular flexibility index (Phi) is 2.57. The molecule has 1 N–H and O–H groups in total. The maximum Gasteiger partial charge on any atom is 0.0893 e. The standard InChI is InChI=1S/C7H13N3S/c1-7(2,3)8-4-6-5-11-10-9-6/h5,8H,4H2,1-3H3. The van der Waals surface area contributed by atoms with Crippen molar-refractivity contribution in [3.63, 3.8) is 0 Å². The zero-order chi connectivity index (χ0) is 8.32. The Morgan fingerprint density at radius 1 is 1.55 bits per heavy atom. The van der Waals surface area contributed by atoms with Crippen LogP contribution in [-0.2, 0) is 6.54 Å². The molecule has 62 valence electrons. The lowest BCUT2D eigenvalue weighted by Gasteiger charge is -2.19. The monoisotopic (exact) mass is 171 g/mol. The van der Waals surface area contributed by atoms with E-state index in [9.17, 15) is 0 Å². The molecular formula is C7H13N3S. The van der Waals surface area contributed by atoms with E-state index in [4.69, 9.17) is 0 Å².